The van der Waals surface area contributed by atoms with Crippen molar-refractivity contribution in [1.82, 2.24) is 9.13 Å². The van der Waals surface area contributed by atoms with Crippen LogP contribution in [0.5, 0.6) is 0 Å². The van der Waals surface area contributed by atoms with E-state index in [1.165, 1.54) is 0 Å². The van der Waals surface area contributed by atoms with Gasteiger partial charge in [-0.05, 0) is 57.9 Å². The zero-order valence-corrected chi connectivity index (χ0v) is 23.5. The minimum Gasteiger partial charge on any atom is -0.308 e. The van der Waals surface area contributed by atoms with E-state index >= 15 is 0 Å². The van der Waals surface area contributed by atoms with E-state index in [1.54, 1.807) is 0 Å². The molecule has 0 radical (unpaired) electrons. The van der Waals surface area contributed by atoms with Gasteiger partial charge in [-0.1, -0.05) is 97.1 Å². The van der Waals surface area contributed by atoms with Crippen LogP contribution in [0.1, 0.15) is 11.1 Å². The molecule has 0 saturated heterocycles. The number of rotatable bonds is 2. The van der Waals surface area contributed by atoms with Gasteiger partial charge in [0.05, 0.1) is 45.1 Å². The molecule has 44 heavy (non-hydrogen) atoms. The molecule has 2 heterocycles. The fourth-order valence-corrected chi connectivity index (χ4v) is 7.13. The fourth-order valence-electron chi connectivity index (χ4n) is 7.13. The van der Waals surface area contributed by atoms with E-state index in [2.05, 4.69) is 118 Å². The Morgan fingerprint density at radius 2 is 0.841 bits per heavy atom. The van der Waals surface area contributed by atoms with Gasteiger partial charge in [0, 0.05) is 21.5 Å². The van der Waals surface area contributed by atoms with Gasteiger partial charge < -0.3 is 9.13 Å². The number of aromatic nitrogens is 2. The molecule has 7 aromatic carbocycles. The zero-order chi connectivity index (χ0) is 29.4. The van der Waals surface area contributed by atoms with Crippen LogP contribution in [0.15, 0.2) is 133 Å². The van der Waals surface area contributed by atoms with Crippen LogP contribution in [0.3, 0.4) is 0 Å². The van der Waals surface area contributed by atoms with Gasteiger partial charge in [-0.2, -0.15) is 10.5 Å². The molecule has 0 amide bonds. The standard InChI is InChI=1S/C40H22N4/c41-23-25-21-37(43-33-15-7-5-13-30(33)31-14-6-8-16-34(31)43)32(24-42)38(22-25)44-35-19-17-26-9-1-3-11-28(26)39(35)40-29-12-4-2-10-27(29)18-20-36(40)44/h1-22H. The molecular formula is C40H22N4. The molecule has 0 atom stereocenters. The molecule has 0 unspecified atom stereocenters. The highest BCUT2D eigenvalue weighted by molar-refractivity contribution is 6.28. The minimum absolute atomic E-state index is 0.493. The van der Waals surface area contributed by atoms with Crippen LogP contribution in [0, 0.1) is 22.7 Å². The Kier molecular flexibility index (Phi) is 5.00. The van der Waals surface area contributed by atoms with Crippen LogP contribution < -0.4 is 0 Å². The summed E-state index contributed by atoms with van der Waals surface area (Å²) in [6.07, 6.45) is 0. The van der Waals surface area contributed by atoms with Gasteiger partial charge in [-0.25, -0.2) is 0 Å². The highest BCUT2D eigenvalue weighted by Gasteiger charge is 2.23. The monoisotopic (exact) mass is 558 g/mol. The van der Waals surface area contributed by atoms with E-state index < -0.39 is 0 Å². The molecule has 0 aliphatic heterocycles. The maximum atomic E-state index is 10.9. The van der Waals surface area contributed by atoms with Gasteiger partial charge in [-0.3, -0.25) is 0 Å². The molecule has 2 aromatic heterocycles. The number of nitriles is 2. The Hall–Kier alpha value is -6.36. The molecule has 9 rings (SSSR count). The molecule has 9 aromatic rings. The summed E-state index contributed by atoms with van der Waals surface area (Å²) in [5.41, 5.74) is 6.35. The van der Waals surface area contributed by atoms with Crippen molar-refractivity contribution in [3.63, 3.8) is 0 Å². The van der Waals surface area contributed by atoms with Crippen molar-refractivity contribution in [3.05, 3.63) is 145 Å². The quantitative estimate of drug-likeness (QED) is 0.212. The van der Waals surface area contributed by atoms with Crippen LogP contribution >= 0.6 is 0 Å². The second kappa shape index (κ2) is 9.07. The minimum atomic E-state index is 0.493. The van der Waals surface area contributed by atoms with Gasteiger partial charge in [0.1, 0.15) is 11.6 Å². The summed E-state index contributed by atoms with van der Waals surface area (Å²) in [4.78, 5) is 0. The van der Waals surface area contributed by atoms with Crippen LogP contribution in [0.4, 0.5) is 0 Å². The van der Waals surface area contributed by atoms with E-state index in [4.69, 9.17) is 0 Å². The first-order valence-electron chi connectivity index (χ1n) is 14.6. The third-order valence-corrected chi connectivity index (χ3v) is 8.95. The van der Waals surface area contributed by atoms with E-state index in [9.17, 15) is 10.5 Å². The lowest BCUT2D eigenvalue weighted by Crippen LogP contribution is -2.05. The average molecular weight is 559 g/mol. The van der Waals surface area contributed by atoms with Crippen molar-refractivity contribution in [3.8, 4) is 23.5 Å². The molecule has 0 aliphatic rings. The number of nitrogens with zero attached hydrogens (tertiary/aromatic N) is 4. The SMILES string of the molecule is N#Cc1cc(-n2c3ccccc3c3ccccc32)c(C#N)c(-n2c3ccc4ccccc4c3c3c4ccccc4ccc32)c1. The molecule has 0 fully saturated rings. The first-order valence-corrected chi connectivity index (χ1v) is 14.6. The number of para-hydroxylation sites is 2. The van der Waals surface area contributed by atoms with Crippen LogP contribution in [-0.2, 0) is 0 Å². The molecule has 0 saturated carbocycles. The van der Waals surface area contributed by atoms with E-state index in [0.29, 0.717) is 22.5 Å². The first-order chi connectivity index (χ1) is 21.8. The molecule has 0 bridgehead atoms. The Balaban J connectivity index is 1.49. The zero-order valence-electron chi connectivity index (χ0n) is 23.5. The van der Waals surface area contributed by atoms with Crippen molar-refractivity contribution in [2.75, 3.05) is 0 Å². The first kappa shape index (κ1) is 24.3. The maximum Gasteiger partial charge on any atom is 0.104 e. The number of hydrogen-bond donors (Lipinski definition) is 0. The average Bonchev–Trinajstić information content (AvgIpc) is 3.61. The summed E-state index contributed by atoms with van der Waals surface area (Å²) in [6.45, 7) is 0. The second-order valence-corrected chi connectivity index (χ2v) is 11.2. The summed E-state index contributed by atoms with van der Waals surface area (Å²) in [5, 5.41) is 30.4. The van der Waals surface area contributed by atoms with E-state index in [1.807, 2.05) is 36.4 Å². The van der Waals surface area contributed by atoms with Crippen molar-refractivity contribution in [2.24, 2.45) is 0 Å². The predicted molar refractivity (Wildman–Crippen MR) is 180 cm³/mol. The normalized spacial score (nSPS) is 11.6. The molecule has 202 valence electrons. The van der Waals surface area contributed by atoms with Crippen LogP contribution in [0.25, 0.3) is 76.5 Å². The van der Waals surface area contributed by atoms with E-state index in [-0.39, 0.29) is 0 Å². The third-order valence-electron chi connectivity index (χ3n) is 8.95. The Bertz CT molecular complexity index is 2600. The third kappa shape index (κ3) is 3.20. The Labute approximate surface area is 252 Å². The van der Waals surface area contributed by atoms with Crippen molar-refractivity contribution < 1.29 is 0 Å². The highest BCUT2D eigenvalue weighted by atomic mass is 15.0. The summed E-state index contributed by atoms with van der Waals surface area (Å²) in [7, 11) is 0. The summed E-state index contributed by atoms with van der Waals surface area (Å²) in [5.74, 6) is 0. The van der Waals surface area contributed by atoms with E-state index in [0.717, 1.165) is 65.2 Å². The molecule has 0 N–H and O–H groups in total. The molecule has 0 spiro atoms. The molecular weight excluding hydrogens is 536 g/mol. The van der Waals surface area contributed by atoms with Crippen molar-refractivity contribution in [1.29, 1.82) is 10.5 Å². The van der Waals surface area contributed by atoms with Crippen LogP contribution in [-0.4, -0.2) is 9.13 Å². The number of benzene rings is 7. The topological polar surface area (TPSA) is 57.4 Å². The summed E-state index contributed by atoms with van der Waals surface area (Å²) in [6, 6.07) is 50.6. The summed E-state index contributed by atoms with van der Waals surface area (Å²) >= 11 is 0. The van der Waals surface area contributed by atoms with Crippen LogP contribution in [0.2, 0.25) is 0 Å². The lowest BCUT2D eigenvalue weighted by atomic mass is 10.00. The van der Waals surface area contributed by atoms with Gasteiger partial charge in [0.2, 0.25) is 0 Å². The fraction of sp³-hybridized carbons (Fsp3) is 0. The van der Waals surface area contributed by atoms with Gasteiger partial charge in [0.15, 0.2) is 0 Å². The van der Waals surface area contributed by atoms with Gasteiger partial charge >= 0.3 is 0 Å². The Morgan fingerprint density at radius 3 is 1.32 bits per heavy atom. The smallest absolute Gasteiger partial charge is 0.104 e. The summed E-state index contributed by atoms with van der Waals surface area (Å²) < 4.78 is 4.31. The molecule has 4 nitrogen and oxygen atoms in total. The Morgan fingerprint density at radius 1 is 0.409 bits per heavy atom. The largest absolute Gasteiger partial charge is 0.308 e. The lowest BCUT2D eigenvalue weighted by Gasteiger charge is -2.16. The van der Waals surface area contributed by atoms with Crippen molar-refractivity contribution >= 4 is 65.2 Å². The highest BCUT2D eigenvalue weighted by Crippen LogP contribution is 2.42. The maximum absolute atomic E-state index is 10.9. The molecule has 4 heteroatoms. The predicted octanol–water partition coefficient (Wildman–Crippen LogP) is 9.93. The van der Waals surface area contributed by atoms with Gasteiger partial charge in [0.25, 0.3) is 0 Å². The number of hydrogen-bond acceptors (Lipinski definition) is 2. The second-order valence-electron chi connectivity index (χ2n) is 11.2. The number of fused-ring (bicyclic) bond motifs is 10. The van der Waals surface area contributed by atoms with Crippen molar-refractivity contribution in [2.45, 2.75) is 0 Å². The molecule has 0 aliphatic carbocycles. The lowest BCUT2D eigenvalue weighted by molar-refractivity contribution is 1.11. The van der Waals surface area contributed by atoms with Gasteiger partial charge in [-0.15, -0.1) is 0 Å².